The molecule has 1 aromatic carbocycles. The zero-order valence-electron chi connectivity index (χ0n) is 11.7. The molecule has 0 saturated carbocycles. The molecule has 0 aliphatic carbocycles. The van der Waals surface area contributed by atoms with Crippen LogP contribution in [0.1, 0.15) is 18.5 Å². The van der Waals surface area contributed by atoms with E-state index < -0.39 is 5.82 Å². The zero-order valence-corrected chi connectivity index (χ0v) is 11.7. The van der Waals surface area contributed by atoms with Gasteiger partial charge in [-0.05, 0) is 13.0 Å². The Morgan fingerprint density at radius 3 is 3.00 bits per heavy atom. The van der Waals surface area contributed by atoms with Gasteiger partial charge in [0.15, 0.2) is 0 Å². The standard InChI is InChI=1S/C14H20FN3O2/c1-9(11-4-3-10(19)7-12(11)15)18-6-5-17-8-13(18)14(20)16-2/h3-4,7,9,13,17,19H,5-6,8H2,1-2H3,(H,16,20). The van der Waals surface area contributed by atoms with Gasteiger partial charge in [-0.15, -0.1) is 0 Å². The van der Waals surface area contributed by atoms with Crippen LogP contribution >= 0.6 is 0 Å². The Labute approximate surface area is 117 Å². The summed E-state index contributed by atoms with van der Waals surface area (Å²) in [6.45, 7) is 3.84. The maximum atomic E-state index is 14.0. The number of hydrogen-bond acceptors (Lipinski definition) is 4. The lowest BCUT2D eigenvalue weighted by Gasteiger charge is -2.39. The number of phenols is 1. The first-order chi connectivity index (χ1) is 9.54. The van der Waals surface area contributed by atoms with E-state index in [4.69, 9.17) is 0 Å². The van der Waals surface area contributed by atoms with Crippen molar-refractivity contribution in [3.63, 3.8) is 0 Å². The first kappa shape index (κ1) is 14.7. The molecule has 0 spiro atoms. The van der Waals surface area contributed by atoms with Crippen LogP contribution in [0.15, 0.2) is 18.2 Å². The third-order valence-electron chi connectivity index (χ3n) is 3.77. The van der Waals surface area contributed by atoms with Crippen molar-refractivity contribution in [2.24, 2.45) is 0 Å². The van der Waals surface area contributed by atoms with Crippen LogP contribution in [0.4, 0.5) is 4.39 Å². The second-order valence-corrected chi connectivity index (χ2v) is 4.95. The Morgan fingerprint density at radius 2 is 2.35 bits per heavy atom. The van der Waals surface area contributed by atoms with Crippen molar-refractivity contribution in [3.8, 4) is 5.75 Å². The SMILES string of the molecule is CNC(=O)C1CNCCN1C(C)c1ccc(O)cc1F. The lowest BCUT2D eigenvalue weighted by atomic mass is 10.0. The highest BCUT2D eigenvalue weighted by Crippen LogP contribution is 2.27. The van der Waals surface area contributed by atoms with Gasteiger partial charge in [0, 0.05) is 44.4 Å². The van der Waals surface area contributed by atoms with Gasteiger partial charge in [-0.25, -0.2) is 4.39 Å². The normalized spacial score (nSPS) is 21.4. The van der Waals surface area contributed by atoms with Crippen molar-refractivity contribution >= 4 is 5.91 Å². The van der Waals surface area contributed by atoms with Crippen molar-refractivity contribution in [2.45, 2.75) is 19.0 Å². The van der Waals surface area contributed by atoms with Gasteiger partial charge in [-0.3, -0.25) is 9.69 Å². The minimum Gasteiger partial charge on any atom is -0.508 e. The van der Waals surface area contributed by atoms with Crippen LogP contribution in [-0.4, -0.2) is 48.6 Å². The molecule has 20 heavy (non-hydrogen) atoms. The zero-order chi connectivity index (χ0) is 14.7. The van der Waals surface area contributed by atoms with Crippen LogP contribution in [0.25, 0.3) is 0 Å². The van der Waals surface area contributed by atoms with E-state index in [0.717, 1.165) is 12.6 Å². The topological polar surface area (TPSA) is 64.6 Å². The molecule has 0 radical (unpaired) electrons. The quantitative estimate of drug-likeness (QED) is 0.759. The molecule has 5 nitrogen and oxygen atoms in total. The molecule has 110 valence electrons. The molecule has 0 aromatic heterocycles. The molecule has 1 aliphatic rings. The van der Waals surface area contributed by atoms with Gasteiger partial charge >= 0.3 is 0 Å². The summed E-state index contributed by atoms with van der Waals surface area (Å²) in [5.41, 5.74) is 0.485. The number of nitrogens with one attached hydrogen (secondary N) is 2. The lowest BCUT2D eigenvalue weighted by molar-refractivity contribution is -0.127. The second kappa shape index (κ2) is 6.19. The number of benzene rings is 1. The van der Waals surface area contributed by atoms with Crippen LogP contribution in [0.5, 0.6) is 5.75 Å². The predicted octanol–water partition coefficient (Wildman–Crippen LogP) is 0.612. The van der Waals surface area contributed by atoms with Gasteiger partial charge in [0.2, 0.25) is 5.91 Å². The number of nitrogens with zero attached hydrogens (tertiary/aromatic N) is 1. The van der Waals surface area contributed by atoms with E-state index in [1.807, 2.05) is 11.8 Å². The molecule has 1 fully saturated rings. The summed E-state index contributed by atoms with van der Waals surface area (Å²) in [4.78, 5) is 13.9. The molecular formula is C14H20FN3O2. The number of amides is 1. The van der Waals surface area contributed by atoms with Crippen LogP contribution in [-0.2, 0) is 4.79 Å². The van der Waals surface area contributed by atoms with Crippen molar-refractivity contribution in [3.05, 3.63) is 29.6 Å². The number of halogens is 1. The number of rotatable bonds is 3. The van der Waals surface area contributed by atoms with Crippen LogP contribution in [0.2, 0.25) is 0 Å². The van der Waals surface area contributed by atoms with E-state index in [1.54, 1.807) is 13.1 Å². The van der Waals surface area contributed by atoms with E-state index in [9.17, 15) is 14.3 Å². The summed E-state index contributed by atoms with van der Waals surface area (Å²) in [5, 5.41) is 15.1. The largest absolute Gasteiger partial charge is 0.508 e. The van der Waals surface area contributed by atoms with E-state index >= 15 is 0 Å². The molecule has 1 heterocycles. The Morgan fingerprint density at radius 1 is 1.60 bits per heavy atom. The van der Waals surface area contributed by atoms with E-state index in [-0.39, 0.29) is 23.7 Å². The molecule has 2 atom stereocenters. The summed E-state index contributed by atoms with van der Waals surface area (Å²) < 4.78 is 14.0. The van der Waals surface area contributed by atoms with E-state index in [1.165, 1.54) is 6.07 Å². The molecule has 1 saturated heterocycles. The second-order valence-electron chi connectivity index (χ2n) is 4.95. The van der Waals surface area contributed by atoms with Gasteiger partial charge in [0.25, 0.3) is 0 Å². The number of phenolic OH excluding ortho intramolecular Hbond substituents is 1. The van der Waals surface area contributed by atoms with Gasteiger partial charge < -0.3 is 15.7 Å². The fourth-order valence-electron chi connectivity index (χ4n) is 2.63. The minimum absolute atomic E-state index is 0.0803. The van der Waals surface area contributed by atoms with Crippen LogP contribution in [0.3, 0.4) is 0 Å². The Balaban J connectivity index is 2.25. The fourth-order valence-corrected chi connectivity index (χ4v) is 2.63. The highest BCUT2D eigenvalue weighted by Gasteiger charge is 2.32. The third-order valence-corrected chi connectivity index (χ3v) is 3.77. The molecule has 0 bridgehead atoms. The molecule has 3 N–H and O–H groups in total. The minimum atomic E-state index is -0.452. The van der Waals surface area contributed by atoms with Gasteiger partial charge in [-0.2, -0.15) is 0 Å². The average Bonchev–Trinajstić information content (AvgIpc) is 2.46. The summed E-state index contributed by atoms with van der Waals surface area (Å²) in [6, 6.07) is 3.57. The smallest absolute Gasteiger partial charge is 0.238 e. The highest BCUT2D eigenvalue weighted by molar-refractivity contribution is 5.81. The van der Waals surface area contributed by atoms with Crippen molar-refractivity contribution < 1.29 is 14.3 Å². The van der Waals surface area contributed by atoms with E-state index in [2.05, 4.69) is 10.6 Å². The Hall–Kier alpha value is -1.66. The fraction of sp³-hybridized carbons (Fsp3) is 0.500. The first-order valence-corrected chi connectivity index (χ1v) is 6.71. The number of piperazine rings is 1. The number of likely N-dealkylation sites (N-methyl/N-ethyl adjacent to an activating group) is 1. The summed E-state index contributed by atoms with van der Waals surface area (Å²) in [7, 11) is 1.60. The van der Waals surface area contributed by atoms with Crippen LogP contribution in [0, 0.1) is 5.82 Å². The maximum Gasteiger partial charge on any atom is 0.238 e. The molecule has 1 aliphatic heterocycles. The predicted molar refractivity (Wildman–Crippen MR) is 73.9 cm³/mol. The van der Waals surface area contributed by atoms with Crippen molar-refractivity contribution in [1.82, 2.24) is 15.5 Å². The van der Waals surface area contributed by atoms with Crippen molar-refractivity contribution in [2.75, 3.05) is 26.7 Å². The third kappa shape index (κ3) is 2.91. The first-order valence-electron chi connectivity index (χ1n) is 6.71. The van der Waals surface area contributed by atoms with Gasteiger partial charge in [-0.1, -0.05) is 6.07 Å². The molecule has 2 unspecified atom stereocenters. The summed E-state index contributed by atoms with van der Waals surface area (Å²) >= 11 is 0. The molecule has 1 amide bonds. The number of carbonyl (C=O) groups is 1. The summed E-state index contributed by atoms with van der Waals surface area (Å²) in [5.74, 6) is -0.628. The Bertz CT molecular complexity index is 495. The summed E-state index contributed by atoms with van der Waals surface area (Å²) in [6.07, 6.45) is 0. The van der Waals surface area contributed by atoms with Gasteiger partial charge in [0.1, 0.15) is 17.6 Å². The Kier molecular flexibility index (Phi) is 4.57. The number of aromatic hydroxyl groups is 1. The monoisotopic (exact) mass is 281 g/mol. The highest BCUT2D eigenvalue weighted by atomic mass is 19.1. The molecule has 6 heteroatoms. The maximum absolute atomic E-state index is 14.0. The number of carbonyl (C=O) groups excluding carboxylic acids is 1. The van der Waals surface area contributed by atoms with E-state index in [0.29, 0.717) is 18.7 Å². The lowest BCUT2D eigenvalue weighted by Crippen LogP contribution is -2.57. The molecule has 1 aromatic rings. The average molecular weight is 281 g/mol. The van der Waals surface area contributed by atoms with Crippen molar-refractivity contribution in [1.29, 1.82) is 0 Å². The van der Waals surface area contributed by atoms with Crippen LogP contribution < -0.4 is 10.6 Å². The molecular weight excluding hydrogens is 261 g/mol. The number of hydrogen-bond donors (Lipinski definition) is 3. The molecule has 2 rings (SSSR count). The van der Waals surface area contributed by atoms with Gasteiger partial charge in [0.05, 0.1) is 0 Å².